The van der Waals surface area contributed by atoms with Crippen LogP contribution in [0.15, 0.2) is 97.2 Å². The van der Waals surface area contributed by atoms with Crippen LogP contribution in [0.5, 0.6) is 0 Å². The molecular weight excluding hydrogens is 1160 g/mol. The van der Waals surface area contributed by atoms with Crippen molar-refractivity contribution >= 4 is 13.7 Å². The summed E-state index contributed by atoms with van der Waals surface area (Å²) in [6.45, 7) is 4.72. The Morgan fingerprint density at radius 2 is 0.656 bits per heavy atom. The standard InChI is InChI=1S/C84H155N2O6P/c1-6-8-10-12-14-16-18-20-22-24-26-28-30-32-34-36-38-40-41-42-43-44-45-46-48-50-52-54-56-58-60-62-64-66-68-70-72-74-76-78-84(88)85-82(81-92-93(89,90)91-80-79-86(3,4)5)83(87)77-75-73-71-69-67-65-63-61-59-57-55-53-51-49-47-39-37-35-33-31-29-27-25-23-21-19-17-15-13-11-9-7-2/h8,10,14,16,20,22,26,28,32,34,59,61,67,69,75,77,82-83,87H,6-7,9,11-13,15,17-19,21,23-25,27,29-31,33,35-58,60,62-66,68,70-74,76,78-81H2,1-5H3,(H-,85,88,89,90)/p+1/b10-8-,16-14-,22-20-,28-26-,34-32-,61-59+,69-67+,77-75+. The fourth-order valence-electron chi connectivity index (χ4n) is 11.9. The lowest BCUT2D eigenvalue weighted by Crippen LogP contribution is -2.45. The summed E-state index contributed by atoms with van der Waals surface area (Å²) in [5, 5.41) is 14.0. The predicted octanol–water partition coefficient (Wildman–Crippen LogP) is 26.4. The largest absolute Gasteiger partial charge is 0.472 e. The third-order valence-corrected chi connectivity index (χ3v) is 19.0. The lowest BCUT2D eigenvalue weighted by molar-refractivity contribution is -0.870. The van der Waals surface area contributed by atoms with Crippen molar-refractivity contribution in [3.63, 3.8) is 0 Å². The van der Waals surface area contributed by atoms with Crippen molar-refractivity contribution in [3.8, 4) is 0 Å². The Balaban J connectivity index is 4.01. The number of hydrogen-bond donors (Lipinski definition) is 3. The number of nitrogens with zero attached hydrogens (tertiary/aromatic N) is 1. The monoisotopic (exact) mass is 1320 g/mol. The first-order valence-corrected chi connectivity index (χ1v) is 41.6. The molecule has 0 rings (SSSR count). The van der Waals surface area contributed by atoms with E-state index in [9.17, 15) is 19.4 Å². The van der Waals surface area contributed by atoms with Gasteiger partial charge >= 0.3 is 7.82 Å². The highest BCUT2D eigenvalue weighted by Gasteiger charge is 2.28. The highest BCUT2D eigenvalue weighted by molar-refractivity contribution is 7.47. The van der Waals surface area contributed by atoms with Gasteiger partial charge in [-0.3, -0.25) is 13.8 Å². The fourth-order valence-corrected chi connectivity index (χ4v) is 12.6. The molecule has 0 heterocycles. The number of amides is 1. The third kappa shape index (κ3) is 76.7. The van der Waals surface area contributed by atoms with E-state index < -0.39 is 20.0 Å². The van der Waals surface area contributed by atoms with Gasteiger partial charge in [-0.1, -0.05) is 381 Å². The molecular formula is C84H156N2O6P+. The molecule has 0 bridgehead atoms. The van der Waals surface area contributed by atoms with E-state index in [1.807, 2.05) is 27.2 Å². The van der Waals surface area contributed by atoms with Crippen LogP contribution in [0.1, 0.15) is 380 Å². The zero-order valence-electron chi connectivity index (χ0n) is 62.2. The molecule has 3 atom stereocenters. The number of unbranched alkanes of at least 4 members (excludes halogenated alkanes) is 47. The molecule has 8 nitrogen and oxygen atoms in total. The number of rotatable bonds is 74. The Kier molecular flexibility index (Phi) is 71.6. The van der Waals surface area contributed by atoms with Crippen molar-refractivity contribution in [2.24, 2.45) is 0 Å². The molecule has 0 spiro atoms. The number of allylic oxidation sites excluding steroid dienone is 15. The van der Waals surface area contributed by atoms with E-state index in [1.54, 1.807) is 6.08 Å². The summed E-state index contributed by atoms with van der Waals surface area (Å²) in [6, 6.07) is -0.875. The third-order valence-electron chi connectivity index (χ3n) is 18.0. The fraction of sp³-hybridized carbons (Fsp3) is 0.798. The summed E-state index contributed by atoms with van der Waals surface area (Å²) < 4.78 is 23.9. The topological polar surface area (TPSA) is 105 Å². The number of likely N-dealkylation sites (N-methyl/N-ethyl adjacent to an activating group) is 1. The number of carbonyl (C=O) groups is 1. The highest BCUT2D eigenvalue weighted by Crippen LogP contribution is 2.43. The van der Waals surface area contributed by atoms with Gasteiger partial charge in [0.2, 0.25) is 5.91 Å². The van der Waals surface area contributed by atoms with Crippen LogP contribution in [-0.2, 0) is 18.4 Å². The van der Waals surface area contributed by atoms with E-state index >= 15 is 0 Å². The van der Waals surface area contributed by atoms with E-state index in [-0.39, 0.29) is 19.1 Å². The van der Waals surface area contributed by atoms with Gasteiger partial charge in [-0.25, -0.2) is 4.57 Å². The van der Waals surface area contributed by atoms with E-state index in [1.165, 1.54) is 283 Å². The van der Waals surface area contributed by atoms with Crippen molar-refractivity contribution in [1.29, 1.82) is 0 Å². The maximum atomic E-state index is 13.1. The molecule has 1 amide bonds. The zero-order valence-corrected chi connectivity index (χ0v) is 63.1. The van der Waals surface area contributed by atoms with Crippen LogP contribution in [0.25, 0.3) is 0 Å². The highest BCUT2D eigenvalue weighted by atomic mass is 31.2. The number of quaternary nitrogens is 1. The SMILES string of the molecule is CC/C=C\C/C=C\C/C=C\C/C=C\C/C=C\CCCCCCCCCCCCCCCCCCCCCCCCCC(=O)NC(COP(=O)(O)OCC[N+](C)(C)C)C(O)/C=C/CC/C=C/CC/C=C/CCCCCCCCCCCCCCCCCCCCCCCC. The van der Waals surface area contributed by atoms with E-state index in [0.717, 1.165) is 77.0 Å². The first-order valence-electron chi connectivity index (χ1n) is 40.1. The van der Waals surface area contributed by atoms with Gasteiger partial charge in [0.05, 0.1) is 39.9 Å². The average molecular weight is 1320 g/mol. The van der Waals surface area contributed by atoms with Crippen LogP contribution in [0.4, 0.5) is 0 Å². The lowest BCUT2D eigenvalue weighted by Gasteiger charge is -2.25. The average Bonchev–Trinajstić information content (AvgIpc) is 1.94. The molecule has 542 valence electrons. The van der Waals surface area contributed by atoms with E-state index in [0.29, 0.717) is 17.4 Å². The Morgan fingerprint density at radius 3 is 0.989 bits per heavy atom. The van der Waals surface area contributed by atoms with Crippen molar-refractivity contribution < 1.29 is 32.9 Å². The Bertz CT molecular complexity index is 1840. The molecule has 3 unspecified atom stereocenters. The van der Waals surface area contributed by atoms with Gasteiger partial charge in [-0.2, -0.15) is 0 Å². The minimum atomic E-state index is -4.37. The summed E-state index contributed by atoms with van der Waals surface area (Å²) in [5.41, 5.74) is 0. The molecule has 0 aromatic heterocycles. The molecule has 93 heavy (non-hydrogen) atoms. The molecule has 0 aliphatic heterocycles. The quantitative estimate of drug-likeness (QED) is 0.0243. The molecule has 0 aromatic carbocycles. The van der Waals surface area contributed by atoms with Gasteiger partial charge in [0, 0.05) is 6.42 Å². The van der Waals surface area contributed by atoms with Crippen molar-refractivity contribution in [1.82, 2.24) is 5.32 Å². The van der Waals surface area contributed by atoms with Gasteiger partial charge in [-0.15, -0.1) is 0 Å². The van der Waals surface area contributed by atoms with Crippen molar-refractivity contribution in [3.05, 3.63) is 97.2 Å². The van der Waals surface area contributed by atoms with Crippen molar-refractivity contribution in [2.75, 3.05) is 40.9 Å². The summed E-state index contributed by atoms with van der Waals surface area (Å²) in [5.74, 6) is -0.186. The molecule has 0 saturated heterocycles. The Hall–Kier alpha value is -2.58. The summed E-state index contributed by atoms with van der Waals surface area (Å²) in [7, 11) is 1.56. The van der Waals surface area contributed by atoms with Crippen LogP contribution in [-0.4, -0.2) is 73.4 Å². The van der Waals surface area contributed by atoms with Crippen LogP contribution in [0.3, 0.4) is 0 Å². The summed E-state index contributed by atoms with van der Waals surface area (Å²) >= 11 is 0. The van der Waals surface area contributed by atoms with Crippen LogP contribution in [0, 0.1) is 0 Å². The predicted molar refractivity (Wildman–Crippen MR) is 410 cm³/mol. The van der Waals surface area contributed by atoms with Crippen LogP contribution in [0.2, 0.25) is 0 Å². The smallest absolute Gasteiger partial charge is 0.387 e. The van der Waals surface area contributed by atoms with Gasteiger partial charge in [0.15, 0.2) is 0 Å². The first-order chi connectivity index (χ1) is 45.5. The molecule has 0 aliphatic carbocycles. The lowest BCUT2D eigenvalue weighted by atomic mass is 10.0. The minimum absolute atomic E-state index is 0.0525. The molecule has 0 fully saturated rings. The number of aliphatic hydroxyl groups excluding tert-OH is 1. The second-order valence-corrected chi connectivity index (χ2v) is 29.8. The van der Waals surface area contributed by atoms with Crippen molar-refractivity contribution in [2.45, 2.75) is 392 Å². The number of nitrogens with one attached hydrogen (secondary N) is 1. The first kappa shape index (κ1) is 90.4. The maximum Gasteiger partial charge on any atom is 0.472 e. The molecule has 0 aliphatic rings. The van der Waals surface area contributed by atoms with Crippen LogP contribution >= 0.6 is 7.82 Å². The Morgan fingerprint density at radius 1 is 0.376 bits per heavy atom. The molecule has 3 N–H and O–H groups in total. The minimum Gasteiger partial charge on any atom is -0.387 e. The van der Waals surface area contributed by atoms with Gasteiger partial charge in [-0.05, 0) is 89.9 Å². The number of phosphoric ester groups is 1. The number of aliphatic hydroxyl groups is 1. The molecule has 0 saturated carbocycles. The summed E-state index contributed by atoms with van der Waals surface area (Å²) in [4.78, 5) is 23.5. The van der Waals surface area contributed by atoms with E-state index in [2.05, 4.69) is 104 Å². The van der Waals surface area contributed by atoms with Gasteiger partial charge in [0.1, 0.15) is 13.2 Å². The number of phosphoric acid groups is 1. The maximum absolute atomic E-state index is 13.1. The Labute approximate surface area is 579 Å². The van der Waals surface area contributed by atoms with Crippen LogP contribution < -0.4 is 5.32 Å². The van der Waals surface area contributed by atoms with E-state index in [4.69, 9.17) is 9.05 Å². The normalized spacial score (nSPS) is 14.0. The second kappa shape index (κ2) is 73.7. The second-order valence-electron chi connectivity index (χ2n) is 28.4. The zero-order chi connectivity index (χ0) is 67.6. The number of carbonyl (C=O) groups excluding carboxylic acids is 1. The number of hydrogen-bond acceptors (Lipinski definition) is 5. The van der Waals surface area contributed by atoms with Gasteiger partial charge < -0.3 is 19.8 Å². The molecule has 9 heteroatoms. The van der Waals surface area contributed by atoms with Gasteiger partial charge in [0.25, 0.3) is 0 Å². The summed E-state index contributed by atoms with van der Waals surface area (Å²) in [6.07, 6.45) is 108. The molecule has 0 aromatic rings. The molecule has 0 radical (unpaired) electrons.